The van der Waals surface area contributed by atoms with Gasteiger partial charge in [0.25, 0.3) is 0 Å². The minimum atomic E-state index is -4.73. The first-order valence-corrected chi connectivity index (χ1v) is 4.61. The normalized spacial score (nSPS) is 11.8. The summed E-state index contributed by atoms with van der Waals surface area (Å²) < 4.78 is 34.4. The zero-order valence-electron chi connectivity index (χ0n) is 6.36. The lowest BCUT2D eigenvalue weighted by atomic mass is 10.6. The SMILES string of the molecule is CCn1cc(S(=O)(=O)F)c(N)n1. The van der Waals surface area contributed by atoms with Crippen LogP contribution in [0.5, 0.6) is 0 Å². The number of aromatic nitrogens is 2. The number of hydrogen-bond donors (Lipinski definition) is 1. The van der Waals surface area contributed by atoms with Crippen molar-refractivity contribution in [2.75, 3.05) is 5.73 Å². The van der Waals surface area contributed by atoms with Gasteiger partial charge < -0.3 is 5.73 Å². The predicted molar refractivity (Wildman–Crippen MR) is 40.6 cm³/mol. The maximum Gasteiger partial charge on any atom is 0.337 e. The molecule has 0 bridgehead atoms. The molecule has 0 unspecified atom stereocenters. The highest BCUT2D eigenvalue weighted by Gasteiger charge is 2.19. The van der Waals surface area contributed by atoms with E-state index in [0.29, 0.717) is 6.54 Å². The molecule has 0 fully saturated rings. The Morgan fingerprint density at radius 2 is 2.33 bits per heavy atom. The molecule has 12 heavy (non-hydrogen) atoms. The largest absolute Gasteiger partial charge is 0.381 e. The number of halogens is 1. The molecule has 68 valence electrons. The number of anilines is 1. The van der Waals surface area contributed by atoms with Crippen molar-refractivity contribution in [3.05, 3.63) is 6.20 Å². The third kappa shape index (κ3) is 1.55. The minimum Gasteiger partial charge on any atom is -0.381 e. The summed E-state index contributed by atoms with van der Waals surface area (Å²) in [6.07, 6.45) is 1.06. The fourth-order valence-electron chi connectivity index (χ4n) is 0.768. The van der Waals surface area contributed by atoms with Crippen LogP contribution in [0.4, 0.5) is 9.70 Å². The minimum absolute atomic E-state index is 0.306. The summed E-state index contributed by atoms with van der Waals surface area (Å²) in [5.74, 6) is -0.306. The van der Waals surface area contributed by atoms with Crippen LogP contribution in [0.1, 0.15) is 6.92 Å². The van der Waals surface area contributed by atoms with E-state index in [1.165, 1.54) is 4.68 Å². The molecule has 0 saturated heterocycles. The first-order chi connectivity index (χ1) is 5.45. The Hall–Kier alpha value is -1.11. The van der Waals surface area contributed by atoms with Gasteiger partial charge in [-0.15, -0.1) is 3.89 Å². The Morgan fingerprint density at radius 3 is 2.58 bits per heavy atom. The number of hydrogen-bond acceptors (Lipinski definition) is 4. The van der Waals surface area contributed by atoms with Crippen LogP contribution >= 0.6 is 0 Å². The van der Waals surface area contributed by atoms with Crippen LogP contribution in [-0.2, 0) is 16.8 Å². The van der Waals surface area contributed by atoms with E-state index in [1.807, 2.05) is 0 Å². The molecule has 1 aromatic rings. The second-order valence-corrected chi connectivity index (χ2v) is 3.49. The zero-order valence-corrected chi connectivity index (χ0v) is 7.18. The molecule has 0 aliphatic rings. The molecular formula is C5H8FN3O2S. The van der Waals surface area contributed by atoms with Gasteiger partial charge in [-0.05, 0) is 6.92 Å². The van der Waals surface area contributed by atoms with Crippen LogP contribution in [0.3, 0.4) is 0 Å². The number of aryl methyl sites for hydroxylation is 1. The predicted octanol–water partition coefficient (Wildman–Crippen LogP) is 0.143. The second kappa shape index (κ2) is 2.74. The Morgan fingerprint density at radius 1 is 1.75 bits per heavy atom. The molecule has 5 nitrogen and oxygen atoms in total. The van der Waals surface area contributed by atoms with E-state index in [2.05, 4.69) is 5.10 Å². The van der Waals surface area contributed by atoms with Crippen molar-refractivity contribution in [1.29, 1.82) is 0 Å². The fourth-order valence-corrected chi connectivity index (χ4v) is 1.31. The topological polar surface area (TPSA) is 78.0 Å². The maximum absolute atomic E-state index is 12.4. The van der Waals surface area contributed by atoms with Gasteiger partial charge in [0.2, 0.25) is 0 Å². The molecule has 1 heterocycles. The monoisotopic (exact) mass is 193 g/mol. The van der Waals surface area contributed by atoms with Gasteiger partial charge in [0.05, 0.1) is 0 Å². The zero-order chi connectivity index (χ0) is 9.35. The average molecular weight is 193 g/mol. The number of rotatable bonds is 2. The van der Waals surface area contributed by atoms with Gasteiger partial charge in [-0.2, -0.15) is 13.5 Å². The summed E-state index contributed by atoms with van der Waals surface area (Å²) in [4.78, 5) is -0.565. The van der Waals surface area contributed by atoms with Crippen molar-refractivity contribution >= 4 is 16.0 Å². The van der Waals surface area contributed by atoms with Crippen LogP contribution in [0.15, 0.2) is 11.1 Å². The lowest BCUT2D eigenvalue weighted by Gasteiger charge is -1.88. The lowest BCUT2D eigenvalue weighted by molar-refractivity contribution is 0.552. The molecule has 1 rings (SSSR count). The lowest BCUT2D eigenvalue weighted by Crippen LogP contribution is -1.96. The van der Waals surface area contributed by atoms with E-state index in [4.69, 9.17) is 5.73 Å². The molecule has 0 aliphatic heterocycles. The van der Waals surface area contributed by atoms with E-state index in [-0.39, 0.29) is 5.82 Å². The smallest absolute Gasteiger partial charge is 0.337 e. The fraction of sp³-hybridized carbons (Fsp3) is 0.400. The van der Waals surface area contributed by atoms with E-state index in [1.54, 1.807) is 6.92 Å². The van der Waals surface area contributed by atoms with Crippen LogP contribution < -0.4 is 5.73 Å². The third-order valence-corrected chi connectivity index (χ3v) is 2.18. The van der Waals surface area contributed by atoms with Crippen molar-refractivity contribution in [3.63, 3.8) is 0 Å². The van der Waals surface area contributed by atoms with Gasteiger partial charge in [-0.25, -0.2) is 0 Å². The highest BCUT2D eigenvalue weighted by molar-refractivity contribution is 7.86. The quantitative estimate of drug-likeness (QED) is 0.678. The molecule has 0 saturated carbocycles. The Bertz CT molecular complexity index is 383. The first kappa shape index (κ1) is 8.98. The van der Waals surface area contributed by atoms with Gasteiger partial charge in [0.1, 0.15) is 0 Å². The van der Waals surface area contributed by atoms with Crippen LogP contribution in [-0.4, -0.2) is 18.2 Å². The molecule has 0 aromatic carbocycles. The number of nitrogens with zero attached hydrogens (tertiary/aromatic N) is 2. The highest BCUT2D eigenvalue weighted by Crippen LogP contribution is 2.17. The molecule has 7 heteroatoms. The summed E-state index contributed by atoms with van der Waals surface area (Å²) >= 11 is 0. The van der Waals surface area contributed by atoms with Gasteiger partial charge in [-0.3, -0.25) is 4.68 Å². The van der Waals surface area contributed by atoms with E-state index in [0.717, 1.165) is 6.20 Å². The van der Waals surface area contributed by atoms with Crippen LogP contribution in [0.25, 0.3) is 0 Å². The summed E-state index contributed by atoms with van der Waals surface area (Å²) in [6.45, 7) is 2.18. The van der Waals surface area contributed by atoms with Crippen molar-refractivity contribution in [2.24, 2.45) is 0 Å². The van der Waals surface area contributed by atoms with Crippen molar-refractivity contribution in [3.8, 4) is 0 Å². The van der Waals surface area contributed by atoms with Crippen molar-refractivity contribution in [2.45, 2.75) is 18.4 Å². The number of nitrogens with two attached hydrogens (primary N) is 1. The molecule has 0 atom stereocenters. The standard InChI is InChI=1S/C5H8FN3O2S/c1-2-9-3-4(5(7)8-9)12(6,10)11/h3H,2H2,1H3,(H2,7,8). The molecular weight excluding hydrogens is 185 g/mol. The molecule has 0 amide bonds. The molecule has 2 N–H and O–H groups in total. The second-order valence-electron chi connectivity index (χ2n) is 2.17. The van der Waals surface area contributed by atoms with Gasteiger partial charge in [-0.1, -0.05) is 0 Å². The summed E-state index contributed by atoms with van der Waals surface area (Å²) in [6, 6.07) is 0. The molecule has 0 spiro atoms. The summed E-state index contributed by atoms with van der Waals surface area (Å²) in [5.41, 5.74) is 5.15. The molecule has 1 aromatic heterocycles. The Balaban J connectivity index is 3.27. The highest BCUT2D eigenvalue weighted by atomic mass is 32.3. The summed E-state index contributed by atoms with van der Waals surface area (Å²) in [5, 5.41) is 3.57. The van der Waals surface area contributed by atoms with E-state index in [9.17, 15) is 12.3 Å². The van der Waals surface area contributed by atoms with E-state index >= 15 is 0 Å². The summed E-state index contributed by atoms with van der Waals surface area (Å²) in [7, 11) is -4.73. The van der Waals surface area contributed by atoms with Gasteiger partial charge in [0.15, 0.2) is 10.7 Å². The first-order valence-electron chi connectivity index (χ1n) is 3.22. The Labute approximate surface area is 69.2 Å². The Kier molecular flexibility index (Phi) is 2.05. The van der Waals surface area contributed by atoms with E-state index < -0.39 is 15.1 Å². The number of nitrogen functional groups attached to an aromatic ring is 1. The molecule has 0 aliphatic carbocycles. The molecule has 0 radical (unpaired) electrons. The third-order valence-electron chi connectivity index (χ3n) is 1.34. The van der Waals surface area contributed by atoms with Gasteiger partial charge >= 0.3 is 10.2 Å². The maximum atomic E-state index is 12.4. The van der Waals surface area contributed by atoms with Crippen molar-refractivity contribution in [1.82, 2.24) is 9.78 Å². The average Bonchev–Trinajstić information content (AvgIpc) is 2.29. The van der Waals surface area contributed by atoms with Crippen molar-refractivity contribution < 1.29 is 12.3 Å². The van der Waals surface area contributed by atoms with Crippen LogP contribution in [0.2, 0.25) is 0 Å². The van der Waals surface area contributed by atoms with Gasteiger partial charge in [0, 0.05) is 12.7 Å². The van der Waals surface area contributed by atoms with Crippen LogP contribution in [0, 0.1) is 0 Å².